The molecule has 1 N–H and O–H groups in total. The maximum atomic E-state index is 9.33. The fourth-order valence-electron chi connectivity index (χ4n) is 1.04. The van der Waals surface area contributed by atoms with E-state index in [4.69, 9.17) is 4.42 Å². The second-order valence-electron chi connectivity index (χ2n) is 2.37. The lowest BCUT2D eigenvalue weighted by Gasteiger charge is -1.88. The zero-order valence-electron chi connectivity index (χ0n) is 6.12. The normalized spacial score (nSPS) is 10.8. The smallest absolute Gasteiger partial charge is 0.206 e. The van der Waals surface area contributed by atoms with Gasteiger partial charge in [0.05, 0.1) is 5.33 Å². The number of phenolic OH excluding ortho intramolecular Hbond substituents is 1. The van der Waals surface area contributed by atoms with Crippen molar-refractivity contribution in [3.63, 3.8) is 0 Å². The monoisotopic (exact) mass is 227 g/mol. The zero-order chi connectivity index (χ0) is 8.55. The largest absolute Gasteiger partial charge is 0.504 e. The topological polar surface area (TPSA) is 46.3 Å². The van der Waals surface area contributed by atoms with Crippen molar-refractivity contribution in [3.8, 4) is 5.75 Å². The second-order valence-corrected chi connectivity index (χ2v) is 2.93. The number of halogens is 1. The molecule has 0 fully saturated rings. The number of aromatic hydroxyl groups is 1. The molecule has 2 rings (SSSR count). The van der Waals surface area contributed by atoms with Crippen LogP contribution >= 0.6 is 15.9 Å². The van der Waals surface area contributed by atoms with E-state index in [1.165, 1.54) is 0 Å². The number of alkyl halides is 1. The number of aromatic nitrogens is 1. The molecule has 62 valence electrons. The van der Waals surface area contributed by atoms with E-state index in [9.17, 15) is 5.11 Å². The Bertz CT molecular complexity index is 410. The third kappa shape index (κ3) is 1.08. The van der Waals surface area contributed by atoms with Gasteiger partial charge in [0.1, 0.15) is 5.52 Å². The van der Waals surface area contributed by atoms with Crippen LogP contribution in [0.5, 0.6) is 5.75 Å². The van der Waals surface area contributed by atoms with E-state index in [0.717, 1.165) is 0 Å². The summed E-state index contributed by atoms with van der Waals surface area (Å²) < 4.78 is 5.24. The van der Waals surface area contributed by atoms with Crippen LogP contribution in [0.3, 0.4) is 0 Å². The van der Waals surface area contributed by atoms with Gasteiger partial charge in [-0.2, -0.15) is 0 Å². The Morgan fingerprint density at radius 1 is 1.50 bits per heavy atom. The Kier molecular flexibility index (Phi) is 1.77. The molecule has 0 aliphatic rings. The van der Waals surface area contributed by atoms with Crippen molar-refractivity contribution in [2.45, 2.75) is 5.33 Å². The predicted molar refractivity (Wildman–Crippen MR) is 48.3 cm³/mol. The summed E-state index contributed by atoms with van der Waals surface area (Å²) in [6.07, 6.45) is 0. The molecule has 3 nitrogen and oxygen atoms in total. The first-order chi connectivity index (χ1) is 5.81. The molecule has 12 heavy (non-hydrogen) atoms. The summed E-state index contributed by atoms with van der Waals surface area (Å²) in [5, 5.41) is 9.89. The van der Waals surface area contributed by atoms with E-state index >= 15 is 0 Å². The molecule has 0 atom stereocenters. The molecular formula is C8H6BrNO2. The Morgan fingerprint density at radius 2 is 2.33 bits per heavy atom. The van der Waals surface area contributed by atoms with Crippen molar-refractivity contribution in [3.05, 3.63) is 24.1 Å². The Morgan fingerprint density at radius 3 is 3.00 bits per heavy atom. The minimum absolute atomic E-state index is 0.132. The van der Waals surface area contributed by atoms with E-state index in [1.54, 1.807) is 18.2 Å². The minimum Gasteiger partial charge on any atom is -0.504 e. The van der Waals surface area contributed by atoms with Gasteiger partial charge in [-0.1, -0.05) is 22.0 Å². The van der Waals surface area contributed by atoms with Crippen LogP contribution in [0.1, 0.15) is 5.89 Å². The van der Waals surface area contributed by atoms with Crippen molar-refractivity contribution in [1.82, 2.24) is 4.98 Å². The molecule has 0 saturated heterocycles. The molecule has 0 bridgehead atoms. The highest BCUT2D eigenvalue weighted by Crippen LogP contribution is 2.25. The highest BCUT2D eigenvalue weighted by atomic mass is 79.9. The molecule has 0 spiro atoms. The van der Waals surface area contributed by atoms with Crippen molar-refractivity contribution in [2.24, 2.45) is 0 Å². The number of hydrogen-bond acceptors (Lipinski definition) is 3. The first-order valence-electron chi connectivity index (χ1n) is 3.44. The maximum Gasteiger partial charge on any atom is 0.206 e. The van der Waals surface area contributed by atoms with E-state index < -0.39 is 0 Å². The average molecular weight is 228 g/mol. The molecule has 0 amide bonds. The molecule has 2 aromatic rings. The number of phenols is 1. The highest BCUT2D eigenvalue weighted by molar-refractivity contribution is 9.08. The van der Waals surface area contributed by atoms with E-state index in [1.807, 2.05) is 0 Å². The summed E-state index contributed by atoms with van der Waals surface area (Å²) in [6, 6.07) is 5.11. The van der Waals surface area contributed by atoms with Gasteiger partial charge in [0, 0.05) is 0 Å². The van der Waals surface area contributed by atoms with Crippen LogP contribution in [-0.4, -0.2) is 10.1 Å². The quantitative estimate of drug-likeness (QED) is 0.762. The summed E-state index contributed by atoms with van der Waals surface area (Å²) in [4.78, 5) is 4.12. The van der Waals surface area contributed by atoms with Crippen LogP contribution in [-0.2, 0) is 5.33 Å². The second kappa shape index (κ2) is 2.79. The summed E-state index contributed by atoms with van der Waals surface area (Å²) in [5.74, 6) is 0.707. The molecule has 1 heterocycles. The van der Waals surface area contributed by atoms with E-state index in [-0.39, 0.29) is 5.75 Å². The molecule has 1 aromatic carbocycles. The van der Waals surface area contributed by atoms with Crippen molar-refractivity contribution >= 4 is 27.0 Å². The first-order valence-corrected chi connectivity index (χ1v) is 4.57. The van der Waals surface area contributed by atoms with Gasteiger partial charge in [-0.25, -0.2) is 4.98 Å². The first kappa shape index (κ1) is 7.61. The van der Waals surface area contributed by atoms with Crippen LogP contribution < -0.4 is 0 Å². The standard InChI is InChI=1S/C8H6BrNO2/c9-4-7-10-5-2-1-3-6(11)8(5)12-7/h1-3,11H,4H2. The van der Waals surface area contributed by atoms with Gasteiger partial charge < -0.3 is 9.52 Å². The lowest BCUT2D eigenvalue weighted by molar-refractivity contribution is 0.459. The van der Waals surface area contributed by atoms with Crippen molar-refractivity contribution in [2.75, 3.05) is 0 Å². The molecule has 0 aliphatic carbocycles. The summed E-state index contributed by atoms with van der Waals surface area (Å²) in [7, 11) is 0. The van der Waals surface area contributed by atoms with E-state index in [2.05, 4.69) is 20.9 Å². The van der Waals surface area contributed by atoms with Crippen LogP contribution in [0.4, 0.5) is 0 Å². The zero-order valence-corrected chi connectivity index (χ0v) is 7.71. The van der Waals surface area contributed by atoms with Crippen molar-refractivity contribution < 1.29 is 9.52 Å². The van der Waals surface area contributed by atoms with Crippen LogP contribution in [0, 0.1) is 0 Å². The molecule has 0 aliphatic heterocycles. The predicted octanol–water partition coefficient (Wildman–Crippen LogP) is 2.43. The van der Waals surface area contributed by atoms with Gasteiger partial charge >= 0.3 is 0 Å². The Labute approximate surface area is 77.2 Å². The molecule has 0 saturated carbocycles. The molecule has 0 radical (unpaired) electrons. The van der Waals surface area contributed by atoms with Crippen LogP contribution in [0.25, 0.3) is 11.1 Å². The summed E-state index contributed by atoms with van der Waals surface area (Å²) in [6.45, 7) is 0. The van der Waals surface area contributed by atoms with E-state index in [0.29, 0.717) is 22.3 Å². The number of oxazole rings is 1. The molecule has 0 unspecified atom stereocenters. The number of rotatable bonds is 1. The number of nitrogens with zero attached hydrogens (tertiary/aromatic N) is 1. The number of hydrogen-bond donors (Lipinski definition) is 1. The van der Waals surface area contributed by atoms with Gasteiger partial charge in [-0.15, -0.1) is 0 Å². The summed E-state index contributed by atoms with van der Waals surface area (Å²) >= 11 is 3.22. The third-order valence-corrected chi connectivity index (χ3v) is 2.03. The Hall–Kier alpha value is -1.03. The lowest BCUT2D eigenvalue weighted by atomic mass is 10.3. The van der Waals surface area contributed by atoms with Crippen LogP contribution in [0.2, 0.25) is 0 Å². The fourth-order valence-corrected chi connectivity index (χ4v) is 1.28. The minimum atomic E-state index is 0.132. The lowest BCUT2D eigenvalue weighted by Crippen LogP contribution is -1.71. The number of para-hydroxylation sites is 1. The van der Waals surface area contributed by atoms with Gasteiger partial charge in [-0.05, 0) is 12.1 Å². The average Bonchev–Trinajstić information content (AvgIpc) is 2.49. The molecular weight excluding hydrogens is 222 g/mol. The fraction of sp³-hybridized carbons (Fsp3) is 0.125. The Balaban J connectivity index is 2.74. The van der Waals surface area contributed by atoms with Crippen molar-refractivity contribution in [1.29, 1.82) is 0 Å². The summed E-state index contributed by atoms with van der Waals surface area (Å²) in [5.41, 5.74) is 1.14. The SMILES string of the molecule is Oc1cccc2nc(CBr)oc12. The van der Waals surface area contributed by atoms with Gasteiger partial charge in [0.25, 0.3) is 0 Å². The third-order valence-electron chi connectivity index (χ3n) is 1.55. The number of fused-ring (bicyclic) bond motifs is 1. The van der Waals surface area contributed by atoms with Crippen LogP contribution in [0.15, 0.2) is 22.6 Å². The number of benzene rings is 1. The van der Waals surface area contributed by atoms with Gasteiger partial charge in [0.2, 0.25) is 5.89 Å². The van der Waals surface area contributed by atoms with Gasteiger partial charge in [0.15, 0.2) is 11.3 Å². The molecule has 4 heteroatoms. The highest BCUT2D eigenvalue weighted by Gasteiger charge is 2.06. The molecule has 1 aromatic heterocycles. The maximum absolute atomic E-state index is 9.33. The van der Waals surface area contributed by atoms with Gasteiger partial charge in [-0.3, -0.25) is 0 Å².